The lowest BCUT2D eigenvalue weighted by molar-refractivity contribution is -0.163. The molecule has 1 saturated heterocycles. The predicted octanol–water partition coefficient (Wildman–Crippen LogP) is 2.56. The average Bonchev–Trinajstić information content (AvgIpc) is 2.73. The molecular weight excluding hydrogens is 288 g/mol. The molecular formula is C12H15BrO4. The third-order valence-corrected chi connectivity index (χ3v) is 3.49. The van der Waals surface area contributed by atoms with Gasteiger partial charge >= 0.3 is 0 Å². The third kappa shape index (κ3) is 3.12. The van der Waals surface area contributed by atoms with Crippen molar-refractivity contribution in [2.45, 2.75) is 19.0 Å². The van der Waals surface area contributed by atoms with Crippen molar-refractivity contribution in [2.24, 2.45) is 0 Å². The number of hydrogen-bond acceptors (Lipinski definition) is 4. The van der Waals surface area contributed by atoms with E-state index in [1.54, 1.807) is 7.11 Å². The normalized spacial score (nSPS) is 28.1. The molecule has 0 radical (unpaired) electrons. The van der Waals surface area contributed by atoms with Gasteiger partial charge in [-0.05, 0) is 31.2 Å². The molecule has 0 aliphatic carbocycles. The second kappa shape index (κ2) is 5.25. The van der Waals surface area contributed by atoms with Gasteiger partial charge < -0.3 is 18.9 Å². The quantitative estimate of drug-likeness (QED) is 0.801. The number of hydrogen-bond donors (Lipinski definition) is 0. The van der Waals surface area contributed by atoms with E-state index in [0.717, 1.165) is 11.5 Å². The molecule has 17 heavy (non-hydrogen) atoms. The van der Waals surface area contributed by atoms with Crippen LogP contribution in [0.5, 0.6) is 11.5 Å². The summed E-state index contributed by atoms with van der Waals surface area (Å²) in [5, 5.41) is 0.614. The average molecular weight is 303 g/mol. The van der Waals surface area contributed by atoms with Crippen molar-refractivity contribution in [3.63, 3.8) is 0 Å². The molecule has 1 aromatic rings. The van der Waals surface area contributed by atoms with Crippen LogP contribution in [0.15, 0.2) is 24.3 Å². The lowest BCUT2D eigenvalue weighted by atomic mass is 10.3. The fourth-order valence-corrected chi connectivity index (χ4v) is 1.82. The Bertz CT molecular complexity index is 367. The lowest BCUT2D eigenvalue weighted by Crippen LogP contribution is -2.29. The first kappa shape index (κ1) is 12.7. The molecule has 0 amide bonds. The lowest BCUT2D eigenvalue weighted by Gasteiger charge is -2.20. The molecule has 0 aromatic heterocycles. The molecule has 2 atom stereocenters. The van der Waals surface area contributed by atoms with Gasteiger partial charge in [-0.2, -0.15) is 0 Å². The number of benzene rings is 1. The summed E-state index contributed by atoms with van der Waals surface area (Å²) < 4.78 is 21.9. The van der Waals surface area contributed by atoms with Crippen molar-refractivity contribution in [2.75, 3.05) is 19.0 Å². The molecule has 1 aromatic carbocycles. The van der Waals surface area contributed by atoms with Gasteiger partial charge in [0, 0.05) is 0 Å². The standard InChI is InChI=1S/C12H15BrO4/c1-12(8-13)15-7-11(17-12)16-10-5-3-9(14-2)4-6-10/h3-6,11H,7-8H2,1-2H3. The molecule has 0 saturated carbocycles. The van der Waals surface area contributed by atoms with Crippen LogP contribution >= 0.6 is 15.9 Å². The predicted molar refractivity (Wildman–Crippen MR) is 66.6 cm³/mol. The largest absolute Gasteiger partial charge is 0.497 e. The first-order valence-electron chi connectivity index (χ1n) is 5.34. The minimum Gasteiger partial charge on any atom is -0.497 e. The first-order chi connectivity index (χ1) is 8.15. The highest BCUT2D eigenvalue weighted by Crippen LogP contribution is 2.27. The van der Waals surface area contributed by atoms with E-state index in [1.165, 1.54) is 0 Å². The molecule has 0 spiro atoms. The minimum atomic E-state index is -0.600. The van der Waals surface area contributed by atoms with Crippen LogP contribution in [0.1, 0.15) is 6.92 Å². The highest BCUT2D eigenvalue weighted by Gasteiger charge is 2.37. The van der Waals surface area contributed by atoms with E-state index in [-0.39, 0.29) is 6.29 Å². The van der Waals surface area contributed by atoms with Gasteiger partial charge in [0.05, 0.1) is 12.4 Å². The summed E-state index contributed by atoms with van der Waals surface area (Å²) in [7, 11) is 1.63. The Kier molecular flexibility index (Phi) is 3.91. The van der Waals surface area contributed by atoms with Gasteiger partial charge in [0.25, 0.3) is 0 Å². The Hall–Kier alpha value is -0.780. The van der Waals surface area contributed by atoms with Crippen LogP contribution in [-0.4, -0.2) is 31.1 Å². The van der Waals surface area contributed by atoms with E-state index in [0.29, 0.717) is 11.9 Å². The number of methoxy groups -OCH3 is 1. The summed E-state index contributed by atoms with van der Waals surface area (Å²) in [6, 6.07) is 7.36. The zero-order valence-corrected chi connectivity index (χ0v) is 11.4. The zero-order valence-electron chi connectivity index (χ0n) is 9.81. The van der Waals surface area contributed by atoms with Crippen LogP contribution in [-0.2, 0) is 9.47 Å². The summed E-state index contributed by atoms with van der Waals surface area (Å²) in [6.45, 7) is 2.30. The molecule has 1 heterocycles. The number of rotatable bonds is 4. The Morgan fingerprint density at radius 3 is 2.53 bits per heavy atom. The maximum Gasteiger partial charge on any atom is 0.226 e. The van der Waals surface area contributed by atoms with Crippen molar-refractivity contribution in [1.29, 1.82) is 0 Å². The Morgan fingerprint density at radius 2 is 2.00 bits per heavy atom. The third-order valence-electron chi connectivity index (χ3n) is 2.48. The van der Waals surface area contributed by atoms with Crippen molar-refractivity contribution in [3.8, 4) is 11.5 Å². The minimum absolute atomic E-state index is 0.369. The topological polar surface area (TPSA) is 36.9 Å². The van der Waals surface area contributed by atoms with E-state index in [2.05, 4.69) is 15.9 Å². The number of ether oxygens (including phenoxy) is 4. The van der Waals surface area contributed by atoms with E-state index in [4.69, 9.17) is 18.9 Å². The Labute approximate surface area is 109 Å². The summed E-state index contributed by atoms with van der Waals surface area (Å²) in [4.78, 5) is 0. The van der Waals surface area contributed by atoms with E-state index < -0.39 is 5.79 Å². The monoisotopic (exact) mass is 302 g/mol. The summed E-state index contributed by atoms with van der Waals surface area (Å²) >= 11 is 3.34. The summed E-state index contributed by atoms with van der Waals surface area (Å²) in [6.07, 6.45) is -0.369. The molecule has 2 rings (SSSR count). The van der Waals surface area contributed by atoms with Crippen LogP contribution in [0.25, 0.3) is 0 Å². The maximum atomic E-state index is 5.65. The van der Waals surface area contributed by atoms with Crippen LogP contribution in [0.3, 0.4) is 0 Å². The second-order valence-corrected chi connectivity index (χ2v) is 4.48. The fraction of sp³-hybridized carbons (Fsp3) is 0.500. The Balaban J connectivity index is 1.93. The molecule has 4 nitrogen and oxygen atoms in total. The van der Waals surface area contributed by atoms with Gasteiger partial charge in [0.2, 0.25) is 6.29 Å². The molecule has 5 heteroatoms. The molecule has 94 valence electrons. The Morgan fingerprint density at radius 1 is 1.35 bits per heavy atom. The SMILES string of the molecule is COc1ccc(OC2COC(C)(CBr)O2)cc1. The van der Waals surface area contributed by atoms with Gasteiger partial charge in [0.1, 0.15) is 18.1 Å². The molecule has 2 unspecified atom stereocenters. The smallest absolute Gasteiger partial charge is 0.226 e. The van der Waals surface area contributed by atoms with Crippen LogP contribution < -0.4 is 9.47 Å². The van der Waals surface area contributed by atoms with Gasteiger partial charge in [-0.25, -0.2) is 0 Å². The highest BCUT2D eigenvalue weighted by atomic mass is 79.9. The number of halogens is 1. The molecule has 1 fully saturated rings. The molecule has 1 aliphatic heterocycles. The van der Waals surface area contributed by atoms with Crippen molar-refractivity contribution in [1.82, 2.24) is 0 Å². The maximum absolute atomic E-state index is 5.65. The van der Waals surface area contributed by atoms with E-state index in [9.17, 15) is 0 Å². The second-order valence-electron chi connectivity index (χ2n) is 3.92. The zero-order chi connectivity index (χ0) is 12.3. The number of alkyl halides is 1. The molecule has 0 bridgehead atoms. The fourth-order valence-electron chi connectivity index (χ4n) is 1.52. The van der Waals surface area contributed by atoms with Gasteiger partial charge in [-0.3, -0.25) is 0 Å². The summed E-state index contributed by atoms with van der Waals surface area (Å²) in [5.41, 5.74) is 0. The van der Waals surface area contributed by atoms with Crippen molar-refractivity contribution in [3.05, 3.63) is 24.3 Å². The molecule has 0 N–H and O–H groups in total. The van der Waals surface area contributed by atoms with Gasteiger partial charge in [-0.1, -0.05) is 15.9 Å². The van der Waals surface area contributed by atoms with E-state index in [1.807, 2.05) is 31.2 Å². The van der Waals surface area contributed by atoms with Crippen molar-refractivity contribution < 1.29 is 18.9 Å². The van der Waals surface area contributed by atoms with Crippen LogP contribution in [0, 0.1) is 0 Å². The van der Waals surface area contributed by atoms with Crippen molar-refractivity contribution >= 4 is 15.9 Å². The van der Waals surface area contributed by atoms with Gasteiger partial charge in [0.15, 0.2) is 5.79 Å². The van der Waals surface area contributed by atoms with Crippen LogP contribution in [0.4, 0.5) is 0 Å². The van der Waals surface area contributed by atoms with Crippen LogP contribution in [0.2, 0.25) is 0 Å². The van der Waals surface area contributed by atoms with Gasteiger partial charge in [-0.15, -0.1) is 0 Å². The summed E-state index contributed by atoms with van der Waals surface area (Å²) in [5.74, 6) is 0.932. The van der Waals surface area contributed by atoms with E-state index >= 15 is 0 Å². The first-order valence-corrected chi connectivity index (χ1v) is 6.46. The molecule has 1 aliphatic rings. The highest BCUT2D eigenvalue weighted by molar-refractivity contribution is 9.09.